The van der Waals surface area contributed by atoms with Crippen LogP contribution in [0.3, 0.4) is 0 Å². The minimum absolute atomic E-state index is 0.00688. The van der Waals surface area contributed by atoms with Crippen molar-refractivity contribution >= 4 is 22.4 Å². The first kappa shape index (κ1) is 17.8. The van der Waals surface area contributed by atoms with E-state index in [1.165, 1.54) is 32.1 Å². The molecule has 2 saturated carbocycles. The van der Waals surface area contributed by atoms with Gasteiger partial charge in [-0.05, 0) is 74.1 Å². The lowest BCUT2D eigenvalue weighted by molar-refractivity contribution is -0.134. The quantitative estimate of drug-likeness (QED) is 0.421. The van der Waals surface area contributed by atoms with Gasteiger partial charge in [-0.15, -0.1) is 6.58 Å². The summed E-state index contributed by atoms with van der Waals surface area (Å²) in [5.41, 5.74) is 3.13. The van der Waals surface area contributed by atoms with Crippen molar-refractivity contribution in [2.75, 3.05) is 0 Å². The molecular formula is C19H29BrO2. The Morgan fingerprint density at radius 3 is 2.95 bits per heavy atom. The fraction of sp³-hybridized carbons (Fsp3) is 0.737. The monoisotopic (exact) mass is 368 g/mol. The molecule has 0 aromatic rings. The molecule has 22 heavy (non-hydrogen) atoms. The predicted octanol–water partition coefficient (Wildman–Crippen LogP) is 5.77. The predicted molar refractivity (Wildman–Crippen MR) is 94.8 cm³/mol. The number of fused-ring (bicyclic) bond motifs is 1. The maximum absolute atomic E-state index is 10.7. The molecule has 0 aromatic heterocycles. The molecule has 4 unspecified atom stereocenters. The van der Waals surface area contributed by atoms with Gasteiger partial charge in [0.05, 0.1) is 0 Å². The molecule has 0 aromatic carbocycles. The summed E-state index contributed by atoms with van der Waals surface area (Å²) >= 11 is 3.57. The average molecular weight is 369 g/mol. The van der Waals surface area contributed by atoms with Crippen LogP contribution in [0.1, 0.15) is 65.2 Å². The van der Waals surface area contributed by atoms with Gasteiger partial charge in [0.15, 0.2) is 0 Å². The van der Waals surface area contributed by atoms with E-state index in [-0.39, 0.29) is 6.10 Å². The Balaban J connectivity index is 1.98. The van der Waals surface area contributed by atoms with Crippen molar-refractivity contribution < 1.29 is 9.53 Å². The van der Waals surface area contributed by atoms with Gasteiger partial charge >= 0.3 is 0 Å². The Hall–Kier alpha value is -0.570. The lowest BCUT2D eigenvalue weighted by Crippen LogP contribution is -2.33. The second-order valence-corrected chi connectivity index (χ2v) is 7.92. The topological polar surface area (TPSA) is 26.3 Å². The number of allylic oxidation sites excluding steroid dienone is 1. The molecule has 0 radical (unpaired) electrons. The first-order chi connectivity index (χ1) is 10.5. The van der Waals surface area contributed by atoms with Crippen LogP contribution in [-0.4, -0.2) is 12.6 Å². The van der Waals surface area contributed by atoms with Crippen molar-refractivity contribution in [3.05, 3.63) is 22.7 Å². The van der Waals surface area contributed by atoms with E-state index in [0.29, 0.717) is 11.9 Å². The van der Waals surface area contributed by atoms with Gasteiger partial charge in [0, 0.05) is 6.42 Å². The van der Waals surface area contributed by atoms with E-state index in [4.69, 9.17) is 4.74 Å². The highest BCUT2D eigenvalue weighted by molar-refractivity contribution is 9.11. The zero-order valence-corrected chi connectivity index (χ0v) is 15.5. The number of hydrogen-bond donors (Lipinski definition) is 0. The fourth-order valence-corrected chi connectivity index (χ4v) is 5.37. The number of hydrogen-bond acceptors (Lipinski definition) is 2. The summed E-state index contributed by atoms with van der Waals surface area (Å²) < 4.78 is 5.26. The second kappa shape index (κ2) is 7.81. The largest absolute Gasteiger partial charge is 0.464 e. The first-order valence-corrected chi connectivity index (χ1v) is 9.45. The second-order valence-electron chi connectivity index (χ2n) is 7.46. The van der Waals surface area contributed by atoms with E-state index in [2.05, 4.69) is 34.4 Å². The zero-order chi connectivity index (χ0) is 16.2. The van der Waals surface area contributed by atoms with Gasteiger partial charge < -0.3 is 4.74 Å². The highest BCUT2D eigenvalue weighted by Crippen LogP contribution is 2.58. The maximum Gasteiger partial charge on any atom is 0.293 e. The fourth-order valence-electron chi connectivity index (χ4n) is 4.82. The third-order valence-electron chi connectivity index (χ3n) is 5.96. The van der Waals surface area contributed by atoms with Gasteiger partial charge in [0.25, 0.3) is 6.47 Å². The molecule has 0 spiro atoms. The molecular weight excluding hydrogens is 340 g/mol. The number of carbonyl (C=O) groups excluding carboxylic acids is 1. The van der Waals surface area contributed by atoms with Crippen LogP contribution < -0.4 is 0 Å². The molecule has 0 aliphatic heterocycles. The van der Waals surface area contributed by atoms with E-state index in [1.807, 2.05) is 6.92 Å². The average Bonchev–Trinajstić information content (AvgIpc) is 2.80. The van der Waals surface area contributed by atoms with Crippen molar-refractivity contribution in [3.63, 3.8) is 0 Å². The van der Waals surface area contributed by atoms with E-state index in [1.54, 1.807) is 5.57 Å². The van der Waals surface area contributed by atoms with Crippen LogP contribution in [0, 0.1) is 17.3 Å². The molecule has 2 fully saturated rings. The Kier molecular flexibility index (Phi) is 6.31. The summed E-state index contributed by atoms with van der Waals surface area (Å²) in [4.78, 5) is 12.9. The van der Waals surface area contributed by atoms with Crippen LogP contribution in [0.25, 0.3) is 0 Å². The number of carbonyl (C=O) groups is 1. The van der Waals surface area contributed by atoms with Crippen LogP contribution in [-0.2, 0) is 9.53 Å². The molecule has 0 amide bonds. The van der Waals surface area contributed by atoms with E-state index in [0.717, 1.165) is 36.7 Å². The third kappa shape index (κ3) is 3.84. The van der Waals surface area contributed by atoms with Crippen molar-refractivity contribution in [1.82, 2.24) is 0 Å². The van der Waals surface area contributed by atoms with Crippen molar-refractivity contribution in [1.29, 1.82) is 0 Å². The number of ether oxygens (including phenoxy) is 1. The van der Waals surface area contributed by atoms with E-state index >= 15 is 0 Å². The lowest BCUT2D eigenvalue weighted by Gasteiger charge is -2.42. The number of halogens is 1. The Bertz CT molecular complexity index is 443. The number of rotatable bonds is 7. The smallest absolute Gasteiger partial charge is 0.293 e. The summed E-state index contributed by atoms with van der Waals surface area (Å²) in [6.45, 7) is 9.03. The van der Waals surface area contributed by atoms with Crippen molar-refractivity contribution in [2.45, 2.75) is 71.3 Å². The summed E-state index contributed by atoms with van der Waals surface area (Å²) in [6, 6.07) is 0. The molecule has 0 saturated heterocycles. The molecule has 0 N–H and O–H groups in total. The lowest BCUT2D eigenvalue weighted by atomic mass is 9.63. The summed E-state index contributed by atoms with van der Waals surface area (Å²) in [6.07, 6.45) is 9.45. The maximum atomic E-state index is 10.7. The Morgan fingerprint density at radius 1 is 1.55 bits per heavy atom. The summed E-state index contributed by atoms with van der Waals surface area (Å²) in [5, 5.41) is 0. The Morgan fingerprint density at radius 2 is 2.32 bits per heavy atom. The van der Waals surface area contributed by atoms with Gasteiger partial charge in [0.1, 0.15) is 6.10 Å². The van der Waals surface area contributed by atoms with Crippen molar-refractivity contribution in [2.24, 2.45) is 17.3 Å². The van der Waals surface area contributed by atoms with E-state index in [9.17, 15) is 4.79 Å². The summed E-state index contributed by atoms with van der Waals surface area (Å²) in [5.74, 6) is 1.50. The molecule has 2 aliphatic rings. The third-order valence-corrected chi connectivity index (χ3v) is 6.55. The molecule has 0 heterocycles. The Labute approximate surface area is 143 Å². The molecule has 4 atom stereocenters. The molecule has 2 nitrogen and oxygen atoms in total. The first-order valence-electron chi connectivity index (χ1n) is 8.54. The van der Waals surface area contributed by atoms with Crippen LogP contribution >= 0.6 is 15.9 Å². The minimum atomic E-state index is 0.00688. The van der Waals surface area contributed by atoms with Crippen LogP contribution in [0.4, 0.5) is 0 Å². The van der Waals surface area contributed by atoms with Gasteiger partial charge in [-0.2, -0.15) is 0 Å². The standard InChI is InChI=1S/C19H29BrO2/c1-14(2)11-17(22-13-21)8-6-16-7-9-18-15(12-20)5-4-10-19(16,18)3/h12-13,16-18H,1,4-11H2,2-3H3/b15-12+. The normalized spacial score (nSPS) is 34.2. The van der Waals surface area contributed by atoms with Gasteiger partial charge in [-0.3, -0.25) is 4.79 Å². The van der Waals surface area contributed by atoms with Crippen molar-refractivity contribution in [3.8, 4) is 0 Å². The van der Waals surface area contributed by atoms with Crippen LogP contribution in [0.5, 0.6) is 0 Å². The molecule has 0 bridgehead atoms. The molecule has 124 valence electrons. The van der Waals surface area contributed by atoms with E-state index < -0.39 is 0 Å². The molecule has 2 aliphatic carbocycles. The van der Waals surface area contributed by atoms with Gasteiger partial charge in [-0.1, -0.05) is 34.0 Å². The van der Waals surface area contributed by atoms with Gasteiger partial charge in [0.2, 0.25) is 0 Å². The summed E-state index contributed by atoms with van der Waals surface area (Å²) in [7, 11) is 0. The minimum Gasteiger partial charge on any atom is -0.464 e. The molecule has 3 heteroatoms. The highest BCUT2D eigenvalue weighted by atomic mass is 79.9. The highest BCUT2D eigenvalue weighted by Gasteiger charge is 2.48. The molecule has 2 rings (SSSR count). The SMILES string of the molecule is C=C(C)CC(CCC1CCC2/C(=C/Br)CCCC12C)OC=O. The zero-order valence-electron chi connectivity index (χ0n) is 13.9. The van der Waals surface area contributed by atoms with Crippen LogP contribution in [0.15, 0.2) is 22.7 Å². The van der Waals surface area contributed by atoms with Crippen LogP contribution in [0.2, 0.25) is 0 Å². The van der Waals surface area contributed by atoms with Gasteiger partial charge in [-0.25, -0.2) is 0 Å².